The number of aryl methyl sites for hydroxylation is 1. The van der Waals surface area contributed by atoms with Crippen molar-refractivity contribution in [2.75, 3.05) is 5.32 Å². The number of hydrogen-bond donors (Lipinski definition) is 1. The molecule has 1 heterocycles. The van der Waals surface area contributed by atoms with Gasteiger partial charge in [0.15, 0.2) is 0 Å². The summed E-state index contributed by atoms with van der Waals surface area (Å²) in [6.07, 6.45) is 0. The maximum absolute atomic E-state index is 11.9. The highest BCUT2D eigenvalue weighted by atomic mass is 79.9. The quantitative estimate of drug-likeness (QED) is 0.691. The average molecular weight is 326 g/mol. The highest BCUT2D eigenvalue weighted by molar-refractivity contribution is 9.10. The fourth-order valence-electron chi connectivity index (χ4n) is 1.40. The molecular weight excluding hydrogens is 318 g/mol. The molecule has 7 nitrogen and oxygen atoms in total. The van der Waals surface area contributed by atoms with Gasteiger partial charge in [-0.3, -0.25) is 20.2 Å². The fraction of sp³-hybridized carbons (Fsp3) is 0.0909. The molecule has 2 rings (SSSR count). The monoisotopic (exact) mass is 325 g/mol. The Labute approximate surface area is 115 Å². The lowest BCUT2D eigenvalue weighted by molar-refractivity contribution is -0.385. The highest BCUT2D eigenvalue weighted by Gasteiger charge is 2.16. The van der Waals surface area contributed by atoms with Crippen LogP contribution in [0.5, 0.6) is 0 Å². The summed E-state index contributed by atoms with van der Waals surface area (Å²) in [5.74, 6) is -0.320. The zero-order valence-electron chi connectivity index (χ0n) is 9.71. The van der Waals surface area contributed by atoms with E-state index in [0.717, 1.165) is 0 Å². The van der Waals surface area contributed by atoms with Crippen LogP contribution in [-0.2, 0) is 0 Å². The van der Waals surface area contributed by atoms with E-state index in [1.165, 1.54) is 18.2 Å². The third-order valence-corrected chi connectivity index (χ3v) is 2.94. The molecule has 0 saturated carbocycles. The summed E-state index contributed by atoms with van der Waals surface area (Å²) in [4.78, 5) is 22.1. The first-order chi connectivity index (χ1) is 8.97. The van der Waals surface area contributed by atoms with E-state index >= 15 is 0 Å². The predicted octanol–water partition coefficient (Wildman–Crippen LogP) is 2.91. The summed E-state index contributed by atoms with van der Waals surface area (Å²) < 4.78 is 5.14. The number of nitro benzene ring substituents is 1. The van der Waals surface area contributed by atoms with E-state index in [1.54, 1.807) is 13.0 Å². The number of carbonyl (C=O) groups excluding carboxylic acids is 1. The van der Waals surface area contributed by atoms with Crippen LogP contribution >= 0.6 is 15.9 Å². The molecule has 19 heavy (non-hydrogen) atoms. The number of nitrogens with one attached hydrogen (secondary N) is 1. The first-order valence-electron chi connectivity index (χ1n) is 5.16. The molecule has 8 heteroatoms. The van der Waals surface area contributed by atoms with E-state index in [1.807, 2.05) is 0 Å². The van der Waals surface area contributed by atoms with Gasteiger partial charge >= 0.3 is 0 Å². The second-order valence-electron chi connectivity index (χ2n) is 3.71. The smallest absolute Gasteiger partial charge is 0.284 e. The zero-order valence-corrected chi connectivity index (χ0v) is 11.3. The van der Waals surface area contributed by atoms with Crippen LogP contribution in [0, 0.1) is 17.0 Å². The minimum absolute atomic E-state index is 0.156. The molecule has 0 atom stereocenters. The fourth-order valence-corrected chi connectivity index (χ4v) is 1.79. The van der Waals surface area contributed by atoms with Gasteiger partial charge in [-0.25, -0.2) is 0 Å². The van der Waals surface area contributed by atoms with Gasteiger partial charge in [0, 0.05) is 17.7 Å². The maximum atomic E-state index is 11.9. The second-order valence-corrected chi connectivity index (χ2v) is 4.56. The number of aromatic nitrogens is 1. The Morgan fingerprint density at radius 3 is 2.79 bits per heavy atom. The normalized spacial score (nSPS) is 10.2. The highest BCUT2D eigenvalue weighted by Crippen LogP contribution is 2.26. The Hall–Kier alpha value is -2.22. The SMILES string of the molecule is Cc1cc(NC(=O)c2ccc(Br)c([N+](=O)[O-])c2)on1. The van der Waals surface area contributed by atoms with E-state index < -0.39 is 10.8 Å². The Balaban J connectivity index is 2.24. The van der Waals surface area contributed by atoms with Crippen molar-refractivity contribution in [3.05, 3.63) is 50.1 Å². The third-order valence-electron chi connectivity index (χ3n) is 2.27. The summed E-state index contributed by atoms with van der Waals surface area (Å²) >= 11 is 3.05. The Bertz CT molecular complexity index is 653. The Morgan fingerprint density at radius 2 is 2.21 bits per heavy atom. The van der Waals surface area contributed by atoms with Gasteiger partial charge in [0.2, 0.25) is 5.88 Å². The molecule has 0 bridgehead atoms. The molecular formula is C11H8BrN3O4. The van der Waals surface area contributed by atoms with Crippen LogP contribution in [0.2, 0.25) is 0 Å². The molecule has 0 aliphatic heterocycles. The zero-order chi connectivity index (χ0) is 14.0. The van der Waals surface area contributed by atoms with Crippen molar-refractivity contribution in [1.82, 2.24) is 5.16 Å². The number of amides is 1. The summed E-state index contributed by atoms with van der Waals surface area (Å²) in [7, 11) is 0. The van der Waals surface area contributed by atoms with Crippen molar-refractivity contribution in [3.8, 4) is 0 Å². The molecule has 0 spiro atoms. The van der Waals surface area contributed by atoms with Gasteiger partial charge in [-0.2, -0.15) is 0 Å². The number of anilines is 1. The lowest BCUT2D eigenvalue weighted by atomic mass is 10.2. The van der Waals surface area contributed by atoms with Crippen molar-refractivity contribution in [1.29, 1.82) is 0 Å². The Morgan fingerprint density at radius 1 is 1.47 bits per heavy atom. The number of nitrogens with zero attached hydrogens (tertiary/aromatic N) is 2. The molecule has 0 fully saturated rings. The van der Waals surface area contributed by atoms with Gasteiger partial charge in [0.1, 0.15) is 0 Å². The van der Waals surface area contributed by atoms with Crippen LogP contribution in [0.4, 0.5) is 11.6 Å². The molecule has 0 radical (unpaired) electrons. The van der Waals surface area contributed by atoms with Crippen LogP contribution < -0.4 is 5.32 Å². The van der Waals surface area contributed by atoms with Crippen LogP contribution in [0.15, 0.2) is 33.3 Å². The van der Waals surface area contributed by atoms with Crippen LogP contribution in [-0.4, -0.2) is 16.0 Å². The number of benzene rings is 1. The number of carbonyl (C=O) groups is 1. The van der Waals surface area contributed by atoms with Crippen molar-refractivity contribution in [3.63, 3.8) is 0 Å². The van der Waals surface area contributed by atoms with Crippen molar-refractivity contribution < 1.29 is 14.2 Å². The molecule has 1 amide bonds. The Kier molecular flexibility index (Phi) is 3.61. The number of rotatable bonds is 3. The topological polar surface area (TPSA) is 98.3 Å². The van der Waals surface area contributed by atoms with E-state index in [-0.39, 0.29) is 17.1 Å². The van der Waals surface area contributed by atoms with Crippen molar-refractivity contribution in [2.24, 2.45) is 0 Å². The van der Waals surface area contributed by atoms with Gasteiger partial charge in [-0.1, -0.05) is 5.16 Å². The van der Waals surface area contributed by atoms with Crippen molar-refractivity contribution >= 4 is 33.4 Å². The molecule has 0 aliphatic carbocycles. The summed E-state index contributed by atoms with van der Waals surface area (Å²) in [6.45, 7) is 1.71. The molecule has 0 aliphatic rings. The van der Waals surface area contributed by atoms with Gasteiger partial charge in [-0.05, 0) is 35.0 Å². The summed E-state index contributed by atoms with van der Waals surface area (Å²) in [5.41, 5.74) is 0.599. The summed E-state index contributed by atoms with van der Waals surface area (Å²) in [6, 6.07) is 5.64. The van der Waals surface area contributed by atoms with E-state index in [0.29, 0.717) is 10.2 Å². The lowest BCUT2D eigenvalue weighted by Gasteiger charge is -2.02. The van der Waals surface area contributed by atoms with Gasteiger partial charge < -0.3 is 4.52 Å². The lowest BCUT2D eigenvalue weighted by Crippen LogP contribution is -2.11. The first kappa shape index (κ1) is 13.2. The molecule has 0 saturated heterocycles. The molecule has 2 aromatic rings. The largest absolute Gasteiger partial charge is 0.338 e. The van der Waals surface area contributed by atoms with E-state index in [4.69, 9.17) is 4.52 Å². The van der Waals surface area contributed by atoms with Crippen molar-refractivity contribution in [2.45, 2.75) is 6.92 Å². The first-order valence-corrected chi connectivity index (χ1v) is 5.95. The number of halogens is 1. The average Bonchev–Trinajstić information content (AvgIpc) is 2.74. The number of hydrogen-bond acceptors (Lipinski definition) is 5. The van der Waals surface area contributed by atoms with E-state index in [9.17, 15) is 14.9 Å². The summed E-state index contributed by atoms with van der Waals surface area (Å²) in [5, 5.41) is 16.8. The second kappa shape index (κ2) is 5.19. The van der Waals surface area contributed by atoms with Gasteiger partial charge in [-0.15, -0.1) is 0 Å². The van der Waals surface area contributed by atoms with Gasteiger partial charge in [0.05, 0.1) is 15.1 Å². The third kappa shape index (κ3) is 2.97. The number of nitro groups is 1. The van der Waals surface area contributed by atoms with Gasteiger partial charge in [0.25, 0.3) is 11.6 Å². The predicted molar refractivity (Wildman–Crippen MR) is 70.0 cm³/mol. The molecule has 1 aromatic carbocycles. The minimum atomic E-state index is -0.570. The van der Waals surface area contributed by atoms with Crippen LogP contribution in [0.3, 0.4) is 0 Å². The molecule has 1 N–H and O–H groups in total. The maximum Gasteiger partial charge on any atom is 0.284 e. The van der Waals surface area contributed by atoms with Crippen LogP contribution in [0.1, 0.15) is 16.1 Å². The molecule has 98 valence electrons. The standard InChI is InChI=1S/C11H8BrN3O4/c1-6-4-10(19-14-6)13-11(16)7-2-3-8(12)9(5-7)15(17)18/h2-5H,1H3,(H,13,16). The van der Waals surface area contributed by atoms with E-state index in [2.05, 4.69) is 26.4 Å². The molecule has 1 aromatic heterocycles. The molecule has 0 unspecified atom stereocenters. The van der Waals surface area contributed by atoms with Crippen LogP contribution in [0.25, 0.3) is 0 Å². The minimum Gasteiger partial charge on any atom is -0.338 e.